The molecule has 0 aliphatic carbocycles. The van der Waals surface area contributed by atoms with Crippen LogP contribution in [0.15, 0.2) is 24.3 Å². The SMILES string of the molecule is CCc1nc2ccccc2n1C1CCN(C(=O)C(C)N)CC1.Cl. The van der Waals surface area contributed by atoms with Gasteiger partial charge in [0.05, 0.1) is 17.1 Å². The largest absolute Gasteiger partial charge is 0.341 e. The average molecular weight is 337 g/mol. The average Bonchev–Trinajstić information content (AvgIpc) is 2.92. The number of para-hydroxylation sites is 2. The third kappa shape index (κ3) is 3.35. The van der Waals surface area contributed by atoms with Crippen molar-refractivity contribution in [1.82, 2.24) is 14.5 Å². The van der Waals surface area contributed by atoms with Gasteiger partial charge in [0.15, 0.2) is 0 Å². The van der Waals surface area contributed by atoms with Crippen molar-refractivity contribution in [2.24, 2.45) is 5.73 Å². The topological polar surface area (TPSA) is 64.2 Å². The van der Waals surface area contributed by atoms with Gasteiger partial charge in [0.2, 0.25) is 5.91 Å². The molecule has 1 aliphatic heterocycles. The number of aromatic nitrogens is 2. The summed E-state index contributed by atoms with van der Waals surface area (Å²) in [6.45, 7) is 5.46. The summed E-state index contributed by atoms with van der Waals surface area (Å²) in [4.78, 5) is 18.7. The molecular formula is C17H25ClN4O. The Morgan fingerprint density at radius 1 is 1.35 bits per heavy atom. The summed E-state index contributed by atoms with van der Waals surface area (Å²) >= 11 is 0. The number of hydrogen-bond donors (Lipinski definition) is 1. The lowest BCUT2D eigenvalue weighted by Crippen LogP contribution is -2.46. The number of fused-ring (bicyclic) bond motifs is 1. The minimum Gasteiger partial charge on any atom is -0.341 e. The quantitative estimate of drug-likeness (QED) is 0.936. The summed E-state index contributed by atoms with van der Waals surface area (Å²) in [7, 11) is 0. The van der Waals surface area contributed by atoms with Crippen molar-refractivity contribution in [2.75, 3.05) is 13.1 Å². The predicted octanol–water partition coefficient (Wildman–Crippen LogP) is 2.53. The Kier molecular flexibility index (Phi) is 5.65. The van der Waals surface area contributed by atoms with Gasteiger partial charge in [0.1, 0.15) is 5.82 Å². The van der Waals surface area contributed by atoms with Crippen LogP contribution >= 0.6 is 12.4 Å². The van der Waals surface area contributed by atoms with E-state index in [2.05, 4.69) is 29.7 Å². The molecule has 1 fully saturated rings. The first-order valence-electron chi connectivity index (χ1n) is 8.12. The highest BCUT2D eigenvalue weighted by molar-refractivity contribution is 5.85. The van der Waals surface area contributed by atoms with Crippen LogP contribution in [0.3, 0.4) is 0 Å². The monoisotopic (exact) mass is 336 g/mol. The van der Waals surface area contributed by atoms with Crippen molar-refractivity contribution < 1.29 is 4.79 Å². The van der Waals surface area contributed by atoms with Crippen molar-refractivity contribution in [1.29, 1.82) is 0 Å². The van der Waals surface area contributed by atoms with E-state index in [0.29, 0.717) is 6.04 Å². The summed E-state index contributed by atoms with van der Waals surface area (Å²) in [6.07, 6.45) is 2.85. The van der Waals surface area contributed by atoms with Crippen LogP contribution in [0.2, 0.25) is 0 Å². The molecule has 3 rings (SSSR count). The second kappa shape index (κ2) is 7.32. The summed E-state index contributed by atoms with van der Waals surface area (Å²) < 4.78 is 2.38. The Hall–Kier alpha value is -1.59. The fourth-order valence-corrected chi connectivity index (χ4v) is 3.38. The third-order valence-corrected chi connectivity index (χ3v) is 4.52. The zero-order chi connectivity index (χ0) is 15.7. The minimum absolute atomic E-state index is 0. The molecule has 1 aliphatic rings. The molecule has 1 unspecified atom stereocenters. The van der Waals surface area contributed by atoms with E-state index in [-0.39, 0.29) is 18.3 Å². The molecule has 126 valence electrons. The number of halogens is 1. The fraction of sp³-hybridized carbons (Fsp3) is 0.529. The molecule has 1 aromatic heterocycles. The van der Waals surface area contributed by atoms with E-state index in [4.69, 9.17) is 10.7 Å². The van der Waals surface area contributed by atoms with Gasteiger partial charge in [0.25, 0.3) is 0 Å². The normalized spacial score (nSPS) is 17.1. The first-order chi connectivity index (χ1) is 10.6. The standard InChI is InChI=1S/C17H24N4O.ClH/c1-3-16-19-14-6-4-5-7-15(14)21(16)13-8-10-20(11-9-13)17(22)12(2)18;/h4-7,12-13H,3,8-11,18H2,1-2H3;1H. The van der Waals surface area contributed by atoms with Crippen molar-refractivity contribution in [3.05, 3.63) is 30.1 Å². The van der Waals surface area contributed by atoms with Gasteiger partial charge >= 0.3 is 0 Å². The Morgan fingerprint density at radius 2 is 2.00 bits per heavy atom. The summed E-state index contributed by atoms with van der Waals surface area (Å²) in [5, 5.41) is 0. The first-order valence-corrected chi connectivity index (χ1v) is 8.12. The van der Waals surface area contributed by atoms with Crippen LogP contribution in [0.5, 0.6) is 0 Å². The second-order valence-electron chi connectivity index (χ2n) is 6.09. The molecule has 1 saturated heterocycles. The van der Waals surface area contributed by atoms with E-state index in [1.54, 1.807) is 6.92 Å². The second-order valence-corrected chi connectivity index (χ2v) is 6.09. The van der Waals surface area contributed by atoms with Crippen LogP contribution < -0.4 is 5.73 Å². The van der Waals surface area contributed by atoms with Gasteiger partial charge in [-0.3, -0.25) is 4.79 Å². The molecule has 0 saturated carbocycles. The Balaban J connectivity index is 0.00000192. The number of carbonyl (C=O) groups is 1. The highest BCUT2D eigenvalue weighted by Crippen LogP contribution is 2.29. The number of benzene rings is 1. The summed E-state index contributed by atoms with van der Waals surface area (Å²) in [6, 6.07) is 8.31. The number of nitrogens with zero attached hydrogens (tertiary/aromatic N) is 3. The molecule has 6 heteroatoms. The van der Waals surface area contributed by atoms with E-state index in [1.807, 2.05) is 11.0 Å². The van der Waals surface area contributed by atoms with Gasteiger partial charge < -0.3 is 15.2 Å². The highest BCUT2D eigenvalue weighted by atomic mass is 35.5. The van der Waals surface area contributed by atoms with Gasteiger partial charge in [-0.25, -0.2) is 4.98 Å². The zero-order valence-electron chi connectivity index (χ0n) is 13.7. The Morgan fingerprint density at radius 3 is 2.61 bits per heavy atom. The number of hydrogen-bond acceptors (Lipinski definition) is 3. The number of imidazole rings is 1. The maximum atomic E-state index is 12.0. The van der Waals surface area contributed by atoms with Crippen LogP contribution in [-0.2, 0) is 11.2 Å². The lowest BCUT2D eigenvalue weighted by molar-refractivity contribution is -0.133. The van der Waals surface area contributed by atoms with E-state index < -0.39 is 6.04 Å². The molecule has 2 heterocycles. The molecule has 1 atom stereocenters. The van der Waals surface area contributed by atoms with Crippen LogP contribution in [-0.4, -0.2) is 39.5 Å². The molecule has 1 amide bonds. The Labute approximate surface area is 143 Å². The van der Waals surface area contributed by atoms with E-state index in [1.165, 1.54) is 5.52 Å². The maximum Gasteiger partial charge on any atom is 0.239 e. The predicted molar refractivity (Wildman–Crippen MR) is 94.9 cm³/mol. The van der Waals surface area contributed by atoms with Crippen LogP contribution in [0, 0.1) is 0 Å². The number of likely N-dealkylation sites (tertiary alicyclic amines) is 1. The summed E-state index contributed by atoms with van der Waals surface area (Å²) in [5.41, 5.74) is 7.98. The van der Waals surface area contributed by atoms with Gasteiger partial charge in [-0.2, -0.15) is 0 Å². The van der Waals surface area contributed by atoms with E-state index in [0.717, 1.165) is 43.7 Å². The van der Waals surface area contributed by atoms with Crippen LogP contribution in [0.4, 0.5) is 0 Å². The lowest BCUT2D eigenvalue weighted by Gasteiger charge is -2.34. The molecule has 0 spiro atoms. The zero-order valence-corrected chi connectivity index (χ0v) is 14.6. The molecule has 0 bridgehead atoms. The van der Waals surface area contributed by atoms with Gasteiger partial charge in [-0.15, -0.1) is 12.4 Å². The minimum atomic E-state index is -0.406. The highest BCUT2D eigenvalue weighted by Gasteiger charge is 2.27. The summed E-state index contributed by atoms with van der Waals surface area (Å²) in [5.74, 6) is 1.20. The van der Waals surface area contributed by atoms with Gasteiger partial charge in [0, 0.05) is 25.6 Å². The molecule has 2 aromatic rings. The smallest absolute Gasteiger partial charge is 0.239 e. The number of amides is 1. The van der Waals surface area contributed by atoms with Crippen molar-refractivity contribution in [2.45, 2.75) is 45.2 Å². The molecule has 1 aromatic carbocycles. The van der Waals surface area contributed by atoms with Gasteiger partial charge in [-0.05, 0) is 31.9 Å². The van der Waals surface area contributed by atoms with E-state index >= 15 is 0 Å². The third-order valence-electron chi connectivity index (χ3n) is 4.52. The van der Waals surface area contributed by atoms with E-state index in [9.17, 15) is 4.79 Å². The van der Waals surface area contributed by atoms with Gasteiger partial charge in [-0.1, -0.05) is 19.1 Å². The number of nitrogens with two attached hydrogens (primary N) is 1. The molecular weight excluding hydrogens is 312 g/mol. The maximum absolute atomic E-state index is 12.0. The number of aryl methyl sites for hydroxylation is 1. The number of carbonyl (C=O) groups excluding carboxylic acids is 1. The lowest BCUT2D eigenvalue weighted by atomic mass is 10.0. The molecule has 0 radical (unpaired) electrons. The first kappa shape index (κ1) is 17.8. The Bertz CT molecular complexity index is 674. The van der Waals surface area contributed by atoms with Crippen LogP contribution in [0.25, 0.3) is 11.0 Å². The number of rotatable bonds is 3. The van der Waals surface area contributed by atoms with Crippen LogP contribution in [0.1, 0.15) is 38.6 Å². The molecule has 23 heavy (non-hydrogen) atoms. The van der Waals surface area contributed by atoms with Crippen molar-refractivity contribution in [3.63, 3.8) is 0 Å². The van der Waals surface area contributed by atoms with Crippen molar-refractivity contribution >= 4 is 29.3 Å². The van der Waals surface area contributed by atoms with Crippen molar-refractivity contribution in [3.8, 4) is 0 Å². The number of piperidine rings is 1. The fourth-order valence-electron chi connectivity index (χ4n) is 3.38. The molecule has 2 N–H and O–H groups in total. The molecule has 5 nitrogen and oxygen atoms in total.